The second-order valence-corrected chi connectivity index (χ2v) is 7.57. The maximum Gasteiger partial charge on any atom is 0.191 e. The van der Waals surface area contributed by atoms with E-state index in [0.29, 0.717) is 33.0 Å². The number of rotatable bonds is 10. The van der Waals surface area contributed by atoms with E-state index in [9.17, 15) is 4.39 Å². The van der Waals surface area contributed by atoms with Crippen molar-refractivity contribution in [3.05, 3.63) is 35.6 Å². The molecule has 2 aliphatic rings. The second-order valence-electron chi connectivity index (χ2n) is 7.57. The molecule has 3 rings (SSSR count). The van der Waals surface area contributed by atoms with Crippen LogP contribution in [0.15, 0.2) is 29.3 Å². The van der Waals surface area contributed by atoms with E-state index in [2.05, 4.69) is 22.5 Å². The molecule has 2 heterocycles. The second kappa shape index (κ2) is 12.8. The highest BCUT2D eigenvalue weighted by Crippen LogP contribution is 2.22. The minimum Gasteiger partial charge on any atom is -0.379 e. The fourth-order valence-corrected chi connectivity index (χ4v) is 3.70. The number of nitrogens with zero attached hydrogens (tertiary/aromatic N) is 2. The van der Waals surface area contributed by atoms with Gasteiger partial charge in [0.05, 0.1) is 38.5 Å². The molecule has 0 spiro atoms. The largest absolute Gasteiger partial charge is 0.379 e. The average molecular weight is 423 g/mol. The number of morpholine rings is 1. The lowest BCUT2D eigenvalue weighted by Crippen LogP contribution is -2.42. The third kappa shape index (κ3) is 7.50. The normalized spacial score (nSPS) is 21.5. The highest BCUT2D eigenvalue weighted by molar-refractivity contribution is 5.79. The molecule has 2 saturated heterocycles. The van der Waals surface area contributed by atoms with Gasteiger partial charge in [0.15, 0.2) is 5.96 Å². The van der Waals surface area contributed by atoms with Crippen molar-refractivity contribution in [1.29, 1.82) is 0 Å². The van der Waals surface area contributed by atoms with E-state index in [-0.39, 0.29) is 18.0 Å². The minimum atomic E-state index is -0.218. The molecule has 1 aromatic carbocycles. The molecule has 0 aromatic heterocycles. The summed E-state index contributed by atoms with van der Waals surface area (Å²) in [6, 6.07) is 6.84. The van der Waals surface area contributed by atoms with Gasteiger partial charge in [0.25, 0.3) is 0 Å². The van der Waals surface area contributed by atoms with Crippen molar-refractivity contribution in [1.82, 2.24) is 15.5 Å². The number of guanidine groups is 1. The van der Waals surface area contributed by atoms with Crippen molar-refractivity contribution >= 4 is 5.96 Å². The highest BCUT2D eigenvalue weighted by Gasteiger charge is 2.22. The van der Waals surface area contributed by atoms with Crippen LogP contribution in [-0.2, 0) is 14.2 Å². The van der Waals surface area contributed by atoms with Gasteiger partial charge in [-0.25, -0.2) is 4.39 Å². The molecule has 2 N–H and O–H groups in total. The van der Waals surface area contributed by atoms with Crippen molar-refractivity contribution in [2.24, 2.45) is 4.99 Å². The molecule has 2 unspecified atom stereocenters. The van der Waals surface area contributed by atoms with Crippen molar-refractivity contribution in [2.45, 2.75) is 31.9 Å². The Kier molecular flexibility index (Phi) is 9.82. The van der Waals surface area contributed by atoms with Crippen LogP contribution in [0.25, 0.3) is 0 Å². The van der Waals surface area contributed by atoms with Gasteiger partial charge in [-0.1, -0.05) is 12.1 Å². The fraction of sp³-hybridized carbons (Fsp3) is 0.682. The Balaban J connectivity index is 1.53. The average Bonchev–Trinajstić information content (AvgIpc) is 3.29. The summed E-state index contributed by atoms with van der Waals surface area (Å²) in [4.78, 5) is 7.18. The molecular formula is C22H35FN4O3. The lowest BCUT2D eigenvalue weighted by Gasteiger charge is -2.34. The van der Waals surface area contributed by atoms with Gasteiger partial charge in [-0.15, -0.1) is 0 Å². The van der Waals surface area contributed by atoms with Gasteiger partial charge < -0.3 is 24.8 Å². The quantitative estimate of drug-likeness (QED) is 0.341. The summed E-state index contributed by atoms with van der Waals surface area (Å²) in [6.07, 6.45) is 2.15. The number of ether oxygens (including phenoxy) is 3. The van der Waals surface area contributed by atoms with Gasteiger partial charge in [0, 0.05) is 39.4 Å². The first kappa shape index (κ1) is 22.9. The first-order chi connectivity index (χ1) is 14.8. The molecule has 8 heteroatoms. The zero-order valence-electron chi connectivity index (χ0n) is 17.9. The smallest absolute Gasteiger partial charge is 0.191 e. The molecule has 0 amide bonds. The maximum absolute atomic E-state index is 13.4. The molecule has 0 radical (unpaired) electrons. The van der Waals surface area contributed by atoms with E-state index in [1.165, 1.54) is 12.1 Å². The van der Waals surface area contributed by atoms with Crippen LogP contribution >= 0.6 is 0 Å². The molecule has 168 valence electrons. The lowest BCUT2D eigenvalue weighted by atomic mass is 10.0. The van der Waals surface area contributed by atoms with E-state index < -0.39 is 0 Å². The molecule has 2 fully saturated rings. The van der Waals surface area contributed by atoms with Crippen molar-refractivity contribution in [3.63, 3.8) is 0 Å². The third-order valence-corrected chi connectivity index (χ3v) is 5.36. The predicted octanol–water partition coefficient (Wildman–Crippen LogP) is 1.95. The van der Waals surface area contributed by atoms with E-state index >= 15 is 0 Å². The Hall–Kier alpha value is -1.74. The van der Waals surface area contributed by atoms with Gasteiger partial charge in [-0.2, -0.15) is 0 Å². The van der Waals surface area contributed by atoms with Crippen LogP contribution in [0.3, 0.4) is 0 Å². The number of aliphatic imine (C=N–C) groups is 1. The Bertz CT molecular complexity index is 632. The van der Waals surface area contributed by atoms with Crippen LogP contribution < -0.4 is 10.6 Å². The molecule has 0 saturated carbocycles. The molecule has 0 aliphatic carbocycles. The lowest BCUT2D eigenvalue weighted by molar-refractivity contribution is 0.0179. The van der Waals surface area contributed by atoms with Gasteiger partial charge in [0.1, 0.15) is 5.82 Å². The summed E-state index contributed by atoms with van der Waals surface area (Å²) in [5.41, 5.74) is 1.07. The SMILES string of the molecule is CCNC(=NCC(c1ccc(F)cc1)N1CCOCC1)NCCCOC1CCOC1. The molecule has 30 heavy (non-hydrogen) atoms. The summed E-state index contributed by atoms with van der Waals surface area (Å²) in [6.45, 7) is 9.59. The van der Waals surface area contributed by atoms with Crippen LogP contribution in [0.4, 0.5) is 4.39 Å². The molecular weight excluding hydrogens is 387 g/mol. The van der Waals surface area contributed by atoms with E-state index in [1.807, 2.05) is 12.1 Å². The molecule has 1 aromatic rings. The summed E-state index contributed by atoms with van der Waals surface area (Å²) in [5.74, 6) is 0.575. The monoisotopic (exact) mass is 422 g/mol. The zero-order valence-corrected chi connectivity index (χ0v) is 17.9. The topological polar surface area (TPSA) is 67.4 Å². The van der Waals surface area contributed by atoms with E-state index in [4.69, 9.17) is 19.2 Å². The standard InChI is InChI=1S/C22H35FN4O3/c1-2-24-22(25-9-3-12-30-20-8-13-29-17-20)26-16-21(27-10-14-28-15-11-27)18-4-6-19(23)7-5-18/h4-7,20-21H,2-3,8-17H2,1H3,(H2,24,25,26). The summed E-state index contributed by atoms with van der Waals surface area (Å²) >= 11 is 0. The summed E-state index contributed by atoms with van der Waals surface area (Å²) in [5, 5.41) is 6.70. The summed E-state index contributed by atoms with van der Waals surface area (Å²) < 4.78 is 30.1. The van der Waals surface area contributed by atoms with Crippen LogP contribution in [0.5, 0.6) is 0 Å². The Morgan fingerprint density at radius 2 is 2.00 bits per heavy atom. The zero-order chi connectivity index (χ0) is 21.0. The Morgan fingerprint density at radius 3 is 2.70 bits per heavy atom. The Labute approximate surface area is 179 Å². The first-order valence-corrected chi connectivity index (χ1v) is 11.0. The van der Waals surface area contributed by atoms with Gasteiger partial charge in [0.2, 0.25) is 0 Å². The summed E-state index contributed by atoms with van der Waals surface area (Å²) in [7, 11) is 0. The number of hydrogen-bond donors (Lipinski definition) is 2. The van der Waals surface area contributed by atoms with Crippen LogP contribution in [0.1, 0.15) is 31.4 Å². The van der Waals surface area contributed by atoms with Crippen molar-refractivity contribution in [3.8, 4) is 0 Å². The number of benzene rings is 1. The minimum absolute atomic E-state index is 0.0932. The van der Waals surface area contributed by atoms with Gasteiger partial charge in [-0.3, -0.25) is 9.89 Å². The number of nitrogens with one attached hydrogen (secondary N) is 2. The Morgan fingerprint density at radius 1 is 1.20 bits per heavy atom. The first-order valence-electron chi connectivity index (χ1n) is 11.0. The highest BCUT2D eigenvalue weighted by atomic mass is 19.1. The predicted molar refractivity (Wildman–Crippen MR) is 115 cm³/mol. The van der Waals surface area contributed by atoms with Crippen LogP contribution in [-0.4, -0.2) is 82.7 Å². The maximum atomic E-state index is 13.4. The van der Waals surface area contributed by atoms with Crippen molar-refractivity contribution < 1.29 is 18.6 Å². The molecule has 2 aliphatic heterocycles. The number of hydrogen-bond acceptors (Lipinski definition) is 5. The molecule has 2 atom stereocenters. The van der Waals surface area contributed by atoms with E-state index in [1.54, 1.807) is 0 Å². The molecule has 7 nitrogen and oxygen atoms in total. The molecule has 0 bridgehead atoms. The fourth-order valence-electron chi connectivity index (χ4n) is 3.70. The number of halogens is 1. The van der Waals surface area contributed by atoms with Gasteiger partial charge in [-0.05, 0) is 37.5 Å². The third-order valence-electron chi connectivity index (χ3n) is 5.36. The van der Waals surface area contributed by atoms with Gasteiger partial charge >= 0.3 is 0 Å². The van der Waals surface area contributed by atoms with Crippen LogP contribution in [0, 0.1) is 5.82 Å². The van der Waals surface area contributed by atoms with Crippen molar-refractivity contribution in [2.75, 3.05) is 65.8 Å². The van der Waals surface area contributed by atoms with E-state index in [0.717, 1.165) is 57.2 Å². The van der Waals surface area contributed by atoms with Crippen LogP contribution in [0.2, 0.25) is 0 Å².